The first-order valence-electron chi connectivity index (χ1n) is 13.9. The third kappa shape index (κ3) is 33.5. The molecule has 0 rings (SSSR count). The van der Waals surface area contributed by atoms with Crippen LogP contribution in [-0.4, -0.2) is 113 Å². The summed E-state index contributed by atoms with van der Waals surface area (Å²) in [6, 6.07) is 0. The summed E-state index contributed by atoms with van der Waals surface area (Å²) in [5.74, 6) is 2.24. The van der Waals surface area contributed by atoms with Crippen molar-refractivity contribution in [3.63, 3.8) is 0 Å². The molecule has 0 aliphatic heterocycles. The molecule has 0 aliphatic rings. The van der Waals surface area contributed by atoms with Crippen molar-refractivity contribution < 1.29 is 60.7 Å². The summed E-state index contributed by atoms with van der Waals surface area (Å²) in [7, 11) is -4.39. The number of unbranched alkanes of at least 4 members (excludes halogenated alkanes) is 3. The first kappa shape index (κ1) is 41.7. The normalized spacial score (nSPS) is 15.2. The van der Waals surface area contributed by atoms with Crippen molar-refractivity contribution in [2.24, 2.45) is 0 Å². The molecule has 0 saturated heterocycles. The molecule has 17 heteroatoms. The number of phosphoric acid groups is 2. The average molecular weight is 675 g/mol. The van der Waals surface area contributed by atoms with Crippen LogP contribution >= 0.6 is 37.2 Å². The molecule has 0 saturated carbocycles. The maximum Gasteiger partial charge on any atom is 0.472 e. The molecule has 2 N–H and O–H groups in total. The zero-order valence-electron chi connectivity index (χ0n) is 25.0. The Morgan fingerprint density at radius 1 is 0.537 bits per heavy atom. The van der Waals surface area contributed by atoms with Gasteiger partial charge in [0.05, 0.1) is 91.5 Å². The Morgan fingerprint density at radius 2 is 0.927 bits per heavy atom. The number of hydrogen-bond donors (Lipinski definition) is 2. The van der Waals surface area contributed by atoms with Gasteiger partial charge in [0.2, 0.25) is 0 Å². The van der Waals surface area contributed by atoms with Crippen molar-refractivity contribution in [1.82, 2.24) is 0 Å². The molecule has 0 spiro atoms. The molecule has 248 valence electrons. The monoisotopic (exact) mass is 674 g/mol. The fourth-order valence-electron chi connectivity index (χ4n) is 2.75. The minimum Gasteiger partial charge on any atom is -0.377 e. The van der Waals surface area contributed by atoms with Crippen LogP contribution in [0.5, 0.6) is 0 Å². The van der Waals surface area contributed by atoms with Gasteiger partial charge in [-0.25, -0.2) is 9.13 Å². The third-order valence-electron chi connectivity index (χ3n) is 4.42. The van der Waals surface area contributed by atoms with Gasteiger partial charge >= 0.3 is 15.6 Å². The summed E-state index contributed by atoms with van der Waals surface area (Å²) >= 11 is 0. The Morgan fingerprint density at radius 3 is 1.37 bits per heavy atom. The lowest BCUT2D eigenvalue weighted by molar-refractivity contribution is -0.0162. The van der Waals surface area contributed by atoms with Gasteiger partial charge in [0, 0.05) is 11.5 Å². The van der Waals surface area contributed by atoms with Crippen molar-refractivity contribution in [1.29, 1.82) is 0 Å². The van der Waals surface area contributed by atoms with Crippen LogP contribution in [0.4, 0.5) is 0 Å². The molecule has 0 amide bonds. The van der Waals surface area contributed by atoms with Crippen LogP contribution in [0.1, 0.15) is 53.4 Å². The van der Waals surface area contributed by atoms with E-state index in [4.69, 9.17) is 41.8 Å². The predicted octanol–water partition coefficient (Wildman–Crippen LogP) is 5.10. The molecule has 0 aromatic heterocycles. The van der Waals surface area contributed by atoms with Crippen LogP contribution in [0.2, 0.25) is 0 Å². The molecule has 0 radical (unpaired) electrons. The molecule has 0 fully saturated rings. The standard InChI is InChI=1S/C24H52O13P2S2/c1-5-40-41-23-9-7-6-8-10-34-38(25,26)35-21-19-32-17-15-30-13-11-29-12-14-31-16-18-33-20-22-36-39(27,28)37-24(2,3)4/h5-23H2,1-4H3,(H,25,26)(H,27,28). The quantitative estimate of drug-likeness (QED) is 0.0568. The largest absolute Gasteiger partial charge is 0.472 e. The number of phosphoric ester groups is 2. The van der Waals surface area contributed by atoms with E-state index < -0.39 is 21.2 Å². The molecule has 0 aliphatic carbocycles. The van der Waals surface area contributed by atoms with E-state index in [0.717, 1.165) is 37.2 Å². The Bertz CT molecular complexity index is 686. The van der Waals surface area contributed by atoms with Crippen LogP contribution in [0, 0.1) is 0 Å². The van der Waals surface area contributed by atoms with E-state index in [2.05, 4.69) is 6.92 Å². The molecule has 2 atom stereocenters. The minimum atomic E-state index is -4.09. The summed E-state index contributed by atoms with van der Waals surface area (Å²) in [6.07, 6.45) is 3.90. The fourth-order valence-corrected chi connectivity index (χ4v) is 6.36. The Balaban J connectivity index is 3.34. The molecule has 13 nitrogen and oxygen atoms in total. The van der Waals surface area contributed by atoms with E-state index in [1.807, 2.05) is 21.6 Å². The van der Waals surface area contributed by atoms with E-state index in [9.17, 15) is 18.9 Å². The van der Waals surface area contributed by atoms with Crippen molar-refractivity contribution in [3.8, 4) is 0 Å². The fraction of sp³-hybridized carbons (Fsp3) is 1.00. The van der Waals surface area contributed by atoms with Gasteiger partial charge in [0.1, 0.15) is 0 Å². The topological polar surface area (TPSA) is 158 Å². The maximum atomic E-state index is 11.8. The van der Waals surface area contributed by atoms with Crippen molar-refractivity contribution in [3.05, 3.63) is 0 Å². The van der Waals surface area contributed by atoms with Crippen molar-refractivity contribution >= 4 is 37.2 Å². The number of rotatable bonds is 31. The zero-order chi connectivity index (χ0) is 30.7. The Hall–Kier alpha value is 0.720. The van der Waals surface area contributed by atoms with Gasteiger partial charge in [-0.15, -0.1) is 0 Å². The lowest BCUT2D eigenvalue weighted by Gasteiger charge is -2.22. The third-order valence-corrected chi connectivity index (χ3v) is 9.29. The van der Waals surface area contributed by atoms with E-state index in [1.54, 1.807) is 20.8 Å². The summed E-state index contributed by atoms with van der Waals surface area (Å²) in [5.41, 5.74) is -0.782. The van der Waals surface area contributed by atoms with Crippen LogP contribution in [0.25, 0.3) is 0 Å². The molecule has 2 unspecified atom stereocenters. The second-order valence-corrected chi connectivity index (χ2v) is 15.0. The highest BCUT2D eigenvalue weighted by molar-refractivity contribution is 8.76. The summed E-state index contributed by atoms with van der Waals surface area (Å²) in [6.45, 7) is 10.4. The molecular weight excluding hydrogens is 622 g/mol. The van der Waals surface area contributed by atoms with Gasteiger partial charge in [-0.05, 0) is 33.6 Å². The van der Waals surface area contributed by atoms with Crippen molar-refractivity contribution in [2.45, 2.75) is 59.0 Å². The molecular formula is C24H52O13P2S2. The minimum absolute atomic E-state index is 0.0425. The van der Waals surface area contributed by atoms with E-state index in [0.29, 0.717) is 52.9 Å². The summed E-state index contributed by atoms with van der Waals surface area (Å²) < 4.78 is 69.9. The average Bonchev–Trinajstić information content (AvgIpc) is 2.87. The van der Waals surface area contributed by atoms with E-state index >= 15 is 0 Å². The SMILES string of the molecule is CCSSCCCCCCOP(=O)(O)OCCOCCOCCOCCOCCOCCOP(=O)(O)OC(C)(C)C. The summed E-state index contributed by atoms with van der Waals surface area (Å²) in [4.78, 5) is 19.2. The highest BCUT2D eigenvalue weighted by Gasteiger charge is 2.28. The first-order chi connectivity index (χ1) is 19.5. The lowest BCUT2D eigenvalue weighted by atomic mass is 10.2. The van der Waals surface area contributed by atoms with Gasteiger partial charge in [-0.1, -0.05) is 41.4 Å². The van der Waals surface area contributed by atoms with Gasteiger partial charge in [-0.3, -0.25) is 18.1 Å². The second kappa shape index (κ2) is 27.1. The van der Waals surface area contributed by atoms with Gasteiger partial charge in [-0.2, -0.15) is 0 Å². The molecule has 0 aromatic carbocycles. The van der Waals surface area contributed by atoms with Crippen LogP contribution in [0.3, 0.4) is 0 Å². The van der Waals surface area contributed by atoms with Crippen LogP contribution in [0.15, 0.2) is 0 Å². The summed E-state index contributed by atoms with van der Waals surface area (Å²) in [5, 5.41) is 0. The van der Waals surface area contributed by atoms with Gasteiger partial charge in [0.15, 0.2) is 0 Å². The number of hydrogen-bond acceptors (Lipinski definition) is 13. The molecule has 0 bridgehead atoms. The Kier molecular flexibility index (Phi) is 27.5. The van der Waals surface area contributed by atoms with Crippen LogP contribution in [-0.2, 0) is 50.9 Å². The van der Waals surface area contributed by atoms with Crippen molar-refractivity contribution in [2.75, 3.05) is 97.4 Å². The molecule has 0 heterocycles. The zero-order valence-corrected chi connectivity index (χ0v) is 28.5. The maximum absolute atomic E-state index is 11.8. The lowest BCUT2D eigenvalue weighted by Crippen LogP contribution is -2.19. The van der Waals surface area contributed by atoms with Gasteiger partial charge in [0.25, 0.3) is 0 Å². The molecule has 41 heavy (non-hydrogen) atoms. The van der Waals surface area contributed by atoms with Crippen LogP contribution < -0.4 is 0 Å². The van der Waals surface area contributed by atoms with Gasteiger partial charge < -0.3 is 33.5 Å². The second-order valence-electron chi connectivity index (χ2n) is 9.35. The first-order valence-corrected chi connectivity index (χ1v) is 19.4. The smallest absolute Gasteiger partial charge is 0.377 e. The Labute approximate surface area is 253 Å². The highest BCUT2D eigenvalue weighted by atomic mass is 33.1. The predicted molar refractivity (Wildman–Crippen MR) is 161 cm³/mol. The molecule has 0 aromatic rings. The van der Waals surface area contributed by atoms with E-state index in [-0.39, 0.29) is 33.0 Å². The van der Waals surface area contributed by atoms with E-state index in [1.165, 1.54) is 0 Å². The highest BCUT2D eigenvalue weighted by Crippen LogP contribution is 2.47. The number of ether oxygens (including phenoxy) is 5.